The maximum absolute atomic E-state index is 11.9. The predicted molar refractivity (Wildman–Crippen MR) is 70.0 cm³/mol. The molecule has 0 radical (unpaired) electrons. The summed E-state index contributed by atoms with van der Waals surface area (Å²) in [5, 5.41) is 9.46. The summed E-state index contributed by atoms with van der Waals surface area (Å²) in [5.41, 5.74) is 10.6. The van der Waals surface area contributed by atoms with E-state index in [0.717, 1.165) is 18.8 Å². The van der Waals surface area contributed by atoms with E-state index in [0.29, 0.717) is 0 Å². The molecule has 0 spiro atoms. The maximum atomic E-state index is 11.9. The number of alkyl halides is 2. The minimum atomic E-state index is -3.00. The monoisotopic (exact) mass is 274 g/mol. The van der Waals surface area contributed by atoms with E-state index < -0.39 is 12.7 Å². The SMILES string of the molecule is C=C(N=C/C(=C\N)OC(F)F)NC(=NC=N)C(C)N. The van der Waals surface area contributed by atoms with E-state index in [1.807, 2.05) is 0 Å². The Morgan fingerprint density at radius 1 is 1.53 bits per heavy atom. The number of hydrogen-bond donors (Lipinski definition) is 4. The highest BCUT2D eigenvalue weighted by atomic mass is 19.3. The van der Waals surface area contributed by atoms with E-state index in [2.05, 4.69) is 26.6 Å². The van der Waals surface area contributed by atoms with E-state index in [1.165, 1.54) is 0 Å². The highest BCUT2D eigenvalue weighted by Crippen LogP contribution is 2.02. The molecule has 0 saturated heterocycles. The van der Waals surface area contributed by atoms with Gasteiger partial charge >= 0.3 is 6.61 Å². The Bertz CT molecular complexity index is 403. The smallest absolute Gasteiger partial charge is 0.387 e. The molecule has 0 aliphatic carbocycles. The van der Waals surface area contributed by atoms with Crippen LogP contribution in [0.4, 0.5) is 8.78 Å². The standard InChI is InChI=1S/C10H16F2N6O/c1-6(15)9(17-5-14)18-7(2)16-4-8(3-13)19-10(11)12/h3-6,10H,2,13,15H2,1H3,(H2,14,17,18)/b8-3+,16-4?. The normalized spacial score (nSPS) is 14.6. The van der Waals surface area contributed by atoms with Crippen molar-refractivity contribution < 1.29 is 13.5 Å². The van der Waals surface area contributed by atoms with Gasteiger partial charge in [0.15, 0.2) is 5.76 Å². The maximum Gasteiger partial charge on any atom is 0.387 e. The summed E-state index contributed by atoms with van der Waals surface area (Å²) in [6.07, 6.45) is 2.60. The van der Waals surface area contributed by atoms with Gasteiger partial charge in [0.25, 0.3) is 0 Å². The summed E-state index contributed by atoms with van der Waals surface area (Å²) < 4.78 is 27.9. The van der Waals surface area contributed by atoms with Crippen molar-refractivity contribution >= 4 is 18.4 Å². The molecule has 0 rings (SSSR count). The Morgan fingerprint density at radius 3 is 2.58 bits per heavy atom. The fourth-order valence-corrected chi connectivity index (χ4v) is 0.870. The number of aliphatic imine (C=N–C) groups is 2. The molecule has 0 bridgehead atoms. The van der Waals surface area contributed by atoms with Gasteiger partial charge in [-0.3, -0.25) is 5.41 Å². The molecule has 0 aromatic heterocycles. The number of allylic oxidation sites excluding steroid dienone is 1. The number of amidine groups is 1. The molecule has 9 heteroatoms. The second kappa shape index (κ2) is 8.75. The number of halogens is 2. The average molecular weight is 274 g/mol. The molecule has 1 atom stereocenters. The predicted octanol–water partition coefficient (Wildman–Crippen LogP) is 0.510. The van der Waals surface area contributed by atoms with Gasteiger partial charge in [-0.05, 0) is 6.92 Å². The van der Waals surface area contributed by atoms with Gasteiger partial charge in [-0.2, -0.15) is 8.78 Å². The third-order valence-electron chi connectivity index (χ3n) is 1.64. The van der Waals surface area contributed by atoms with Gasteiger partial charge in [-0.15, -0.1) is 0 Å². The van der Waals surface area contributed by atoms with Crippen molar-refractivity contribution in [2.75, 3.05) is 0 Å². The number of ether oxygens (including phenoxy) is 1. The zero-order chi connectivity index (χ0) is 14.8. The van der Waals surface area contributed by atoms with Crippen molar-refractivity contribution in [3.05, 3.63) is 24.4 Å². The summed E-state index contributed by atoms with van der Waals surface area (Å²) >= 11 is 0. The fraction of sp³-hybridized carbons (Fsp3) is 0.300. The fourth-order valence-electron chi connectivity index (χ4n) is 0.870. The first-order valence-electron chi connectivity index (χ1n) is 5.09. The van der Waals surface area contributed by atoms with Crippen molar-refractivity contribution in [3.8, 4) is 0 Å². The highest BCUT2D eigenvalue weighted by Gasteiger charge is 2.06. The topological polar surface area (TPSA) is 122 Å². The highest BCUT2D eigenvalue weighted by molar-refractivity contribution is 5.93. The van der Waals surface area contributed by atoms with Crippen molar-refractivity contribution in [1.82, 2.24) is 5.32 Å². The van der Waals surface area contributed by atoms with Crippen LogP contribution in [0.3, 0.4) is 0 Å². The molecule has 7 nitrogen and oxygen atoms in total. The first kappa shape index (κ1) is 16.7. The van der Waals surface area contributed by atoms with Crippen LogP contribution in [0, 0.1) is 5.41 Å². The van der Waals surface area contributed by atoms with Crippen molar-refractivity contribution in [1.29, 1.82) is 5.41 Å². The Balaban J connectivity index is 4.60. The van der Waals surface area contributed by atoms with Crippen molar-refractivity contribution in [3.63, 3.8) is 0 Å². The van der Waals surface area contributed by atoms with Gasteiger partial charge < -0.3 is 21.5 Å². The number of nitrogens with two attached hydrogens (primary N) is 2. The molecule has 0 amide bonds. The molecular formula is C10H16F2N6O. The van der Waals surface area contributed by atoms with Crippen LogP contribution in [-0.4, -0.2) is 31.0 Å². The first-order valence-corrected chi connectivity index (χ1v) is 5.09. The number of rotatable bonds is 7. The van der Waals surface area contributed by atoms with Gasteiger partial charge in [-0.1, -0.05) is 6.58 Å². The summed E-state index contributed by atoms with van der Waals surface area (Å²) in [4.78, 5) is 7.36. The van der Waals surface area contributed by atoms with Gasteiger partial charge in [0.2, 0.25) is 0 Å². The Kier molecular flexibility index (Phi) is 7.70. The van der Waals surface area contributed by atoms with E-state index in [4.69, 9.17) is 16.9 Å². The lowest BCUT2D eigenvalue weighted by Crippen LogP contribution is -2.37. The van der Waals surface area contributed by atoms with E-state index in [9.17, 15) is 8.78 Å². The number of nitrogens with zero attached hydrogens (tertiary/aromatic N) is 2. The zero-order valence-corrected chi connectivity index (χ0v) is 10.3. The molecule has 6 N–H and O–H groups in total. The number of nitrogens with one attached hydrogen (secondary N) is 2. The van der Waals surface area contributed by atoms with Crippen LogP contribution in [0.2, 0.25) is 0 Å². The zero-order valence-electron chi connectivity index (χ0n) is 10.3. The van der Waals surface area contributed by atoms with Crippen LogP contribution in [-0.2, 0) is 4.74 Å². The van der Waals surface area contributed by atoms with E-state index in [-0.39, 0.29) is 17.4 Å². The first-order chi connectivity index (χ1) is 8.90. The van der Waals surface area contributed by atoms with E-state index >= 15 is 0 Å². The van der Waals surface area contributed by atoms with Gasteiger partial charge in [-0.25, -0.2) is 9.98 Å². The lowest BCUT2D eigenvalue weighted by atomic mass is 10.3. The van der Waals surface area contributed by atoms with Gasteiger partial charge in [0, 0.05) is 6.20 Å². The van der Waals surface area contributed by atoms with Crippen LogP contribution < -0.4 is 16.8 Å². The van der Waals surface area contributed by atoms with Crippen LogP contribution in [0.15, 0.2) is 34.3 Å². The third-order valence-corrected chi connectivity index (χ3v) is 1.64. The lowest BCUT2D eigenvalue weighted by Gasteiger charge is -2.11. The molecule has 1 unspecified atom stereocenters. The van der Waals surface area contributed by atoms with Crippen molar-refractivity contribution in [2.24, 2.45) is 21.5 Å². The Morgan fingerprint density at radius 2 is 2.16 bits per heavy atom. The molecule has 0 saturated carbocycles. The molecule has 0 aromatic rings. The van der Waals surface area contributed by atoms with Gasteiger partial charge in [0.1, 0.15) is 18.0 Å². The van der Waals surface area contributed by atoms with E-state index in [1.54, 1.807) is 6.92 Å². The molecule has 0 heterocycles. The van der Waals surface area contributed by atoms with Crippen LogP contribution in [0.1, 0.15) is 6.92 Å². The summed E-state index contributed by atoms with van der Waals surface area (Å²) in [6, 6.07) is -0.476. The lowest BCUT2D eigenvalue weighted by molar-refractivity contribution is -0.0894. The summed E-state index contributed by atoms with van der Waals surface area (Å²) in [6.45, 7) is 2.15. The minimum absolute atomic E-state index is 0.0788. The molecule has 0 aromatic carbocycles. The Hall–Kier alpha value is -2.29. The molecule has 0 aliphatic rings. The van der Waals surface area contributed by atoms with Crippen LogP contribution >= 0.6 is 0 Å². The molecule has 106 valence electrons. The summed E-state index contributed by atoms with van der Waals surface area (Å²) in [5.74, 6) is 0.0182. The van der Waals surface area contributed by atoms with Crippen LogP contribution in [0.25, 0.3) is 0 Å². The quantitative estimate of drug-likeness (QED) is 0.307. The second-order valence-corrected chi connectivity index (χ2v) is 3.21. The van der Waals surface area contributed by atoms with Gasteiger partial charge in [0.05, 0.1) is 12.3 Å². The molecule has 19 heavy (non-hydrogen) atoms. The molecule has 0 fully saturated rings. The Labute approximate surface area is 109 Å². The molecule has 0 aliphatic heterocycles. The minimum Gasteiger partial charge on any atom is -0.432 e. The average Bonchev–Trinajstić information content (AvgIpc) is 2.33. The van der Waals surface area contributed by atoms with Crippen molar-refractivity contribution in [2.45, 2.75) is 19.6 Å². The summed E-state index contributed by atoms with van der Waals surface area (Å²) in [7, 11) is 0. The number of hydrogen-bond acceptors (Lipinski definition) is 5. The largest absolute Gasteiger partial charge is 0.432 e. The second-order valence-electron chi connectivity index (χ2n) is 3.21. The van der Waals surface area contributed by atoms with Crippen LogP contribution in [0.5, 0.6) is 0 Å². The third kappa shape index (κ3) is 7.60. The molecular weight excluding hydrogens is 258 g/mol.